The van der Waals surface area contributed by atoms with Crippen LogP contribution in [0.3, 0.4) is 0 Å². The van der Waals surface area contributed by atoms with Crippen LogP contribution in [0, 0.1) is 5.92 Å². The zero-order valence-electron chi connectivity index (χ0n) is 10.7. The zero-order chi connectivity index (χ0) is 12.7. The molecule has 0 radical (unpaired) electrons. The third-order valence-electron chi connectivity index (χ3n) is 3.02. The summed E-state index contributed by atoms with van der Waals surface area (Å²) in [4.78, 5) is 11.6. The van der Waals surface area contributed by atoms with Crippen molar-refractivity contribution in [1.29, 1.82) is 0 Å². The molecule has 0 aromatic rings. The van der Waals surface area contributed by atoms with Gasteiger partial charge in [0.15, 0.2) is 5.78 Å². The van der Waals surface area contributed by atoms with Crippen LogP contribution >= 0.6 is 0 Å². The molecule has 17 heavy (non-hydrogen) atoms. The van der Waals surface area contributed by atoms with Crippen LogP contribution in [0.2, 0.25) is 0 Å². The maximum atomic E-state index is 11.6. The number of rotatable bonds is 6. The molecule has 0 aliphatic heterocycles. The summed E-state index contributed by atoms with van der Waals surface area (Å²) >= 11 is 0. The van der Waals surface area contributed by atoms with Gasteiger partial charge in [-0.15, -0.1) is 0 Å². The predicted octanol–water partition coefficient (Wildman–Crippen LogP) is 3.19. The number of ketones is 1. The molecule has 0 amide bonds. The van der Waals surface area contributed by atoms with Gasteiger partial charge in [0.25, 0.3) is 0 Å². The number of allylic oxidation sites excluding steroid dienone is 4. The van der Waals surface area contributed by atoms with E-state index in [1.165, 1.54) is 0 Å². The Kier molecular flexibility index (Phi) is 5.92. The Morgan fingerprint density at radius 2 is 2.12 bits per heavy atom. The molecule has 0 aromatic heterocycles. The summed E-state index contributed by atoms with van der Waals surface area (Å²) in [7, 11) is 0. The molecular formula is C15H22O2. The van der Waals surface area contributed by atoms with Crippen LogP contribution in [0.15, 0.2) is 36.0 Å². The number of carbonyl (C=O) groups excluding carboxylic acids is 1. The lowest BCUT2D eigenvalue weighted by Gasteiger charge is -2.09. The number of carbonyl (C=O) groups is 1. The first-order chi connectivity index (χ1) is 8.19. The van der Waals surface area contributed by atoms with Gasteiger partial charge >= 0.3 is 0 Å². The SMILES string of the molecule is CC/C=C\C[C@@H](O)C/C=C1/C(=O)C=C[C@@H]1CC. The van der Waals surface area contributed by atoms with Gasteiger partial charge in [0.1, 0.15) is 0 Å². The van der Waals surface area contributed by atoms with E-state index in [-0.39, 0.29) is 17.8 Å². The minimum Gasteiger partial charge on any atom is -0.392 e. The first kappa shape index (κ1) is 13.9. The second-order valence-electron chi connectivity index (χ2n) is 4.40. The van der Waals surface area contributed by atoms with Gasteiger partial charge in [-0.1, -0.05) is 38.2 Å². The van der Waals surface area contributed by atoms with Crippen molar-refractivity contribution in [2.45, 2.75) is 45.6 Å². The maximum absolute atomic E-state index is 11.6. The molecule has 0 unspecified atom stereocenters. The molecule has 2 atom stereocenters. The lowest BCUT2D eigenvalue weighted by molar-refractivity contribution is -0.111. The van der Waals surface area contributed by atoms with Crippen molar-refractivity contribution in [3.8, 4) is 0 Å². The van der Waals surface area contributed by atoms with Crippen LogP contribution in [-0.2, 0) is 4.79 Å². The highest BCUT2D eigenvalue weighted by Crippen LogP contribution is 2.25. The van der Waals surface area contributed by atoms with Crippen molar-refractivity contribution in [1.82, 2.24) is 0 Å². The molecule has 0 aromatic carbocycles. The van der Waals surface area contributed by atoms with Crippen molar-refractivity contribution in [3.05, 3.63) is 36.0 Å². The smallest absolute Gasteiger partial charge is 0.181 e. The summed E-state index contributed by atoms with van der Waals surface area (Å²) in [6.45, 7) is 4.14. The summed E-state index contributed by atoms with van der Waals surface area (Å²) < 4.78 is 0. The average Bonchev–Trinajstić information content (AvgIpc) is 2.67. The van der Waals surface area contributed by atoms with Gasteiger partial charge in [-0.25, -0.2) is 0 Å². The number of hydrogen-bond donors (Lipinski definition) is 1. The molecule has 1 aliphatic rings. The Morgan fingerprint density at radius 3 is 2.76 bits per heavy atom. The molecule has 0 bridgehead atoms. The summed E-state index contributed by atoms with van der Waals surface area (Å²) in [5, 5.41) is 9.75. The fourth-order valence-electron chi connectivity index (χ4n) is 1.97. The van der Waals surface area contributed by atoms with Crippen LogP contribution < -0.4 is 0 Å². The molecule has 0 saturated carbocycles. The fourth-order valence-corrected chi connectivity index (χ4v) is 1.97. The van der Waals surface area contributed by atoms with E-state index in [0.717, 1.165) is 18.4 Å². The van der Waals surface area contributed by atoms with Crippen LogP contribution in [-0.4, -0.2) is 17.0 Å². The molecule has 0 fully saturated rings. The Morgan fingerprint density at radius 1 is 1.35 bits per heavy atom. The van der Waals surface area contributed by atoms with Crippen molar-refractivity contribution in [2.75, 3.05) is 0 Å². The van der Waals surface area contributed by atoms with E-state index in [2.05, 4.69) is 13.8 Å². The molecule has 2 nitrogen and oxygen atoms in total. The van der Waals surface area contributed by atoms with E-state index >= 15 is 0 Å². The largest absolute Gasteiger partial charge is 0.392 e. The Balaban J connectivity index is 2.47. The molecule has 1 aliphatic carbocycles. The Bertz CT molecular complexity index is 337. The average molecular weight is 234 g/mol. The molecule has 1 rings (SSSR count). The summed E-state index contributed by atoms with van der Waals surface area (Å²) in [6, 6.07) is 0. The van der Waals surface area contributed by atoms with Crippen molar-refractivity contribution in [2.24, 2.45) is 5.92 Å². The Labute approximate surface area is 104 Å². The summed E-state index contributed by atoms with van der Waals surface area (Å²) in [5.41, 5.74) is 0.853. The zero-order valence-corrected chi connectivity index (χ0v) is 10.7. The van der Waals surface area contributed by atoms with E-state index in [9.17, 15) is 9.90 Å². The predicted molar refractivity (Wildman–Crippen MR) is 70.7 cm³/mol. The molecular weight excluding hydrogens is 212 g/mol. The van der Waals surface area contributed by atoms with Gasteiger partial charge in [-0.2, -0.15) is 0 Å². The molecule has 1 N–H and O–H groups in total. The highest BCUT2D eigenvalue weighted by molar-refractivity contribution is 6.07. The van der Waals surface area contributed by atoms with Gasteiger partial charge in [-0.05, 0) is 31.8 Å². The van der Waals surface area contributed by atoms with Gasteiger partial charge in [0.05, 0.1) is 6.10 Å². The van der Waals surface area contributed by atoms with Crippen LogP contribution in [0.4, 0.5) is 0 Å². The van der Waals surface area contributed by atoms with E-state index in [0.29, 0.717) is 12.8 Å². The van der Waals surface area contributed by atoms with E-state index in [1.54, 1.807) is 6.08 Å². The van der Waals surface area contributed by atoms with Gasteiger partial charge in [0.2, 0.25) is 0 Å². The second-order valence-corrected chi connectivity index (χ2v) is 4.40. The minimum atomic E-state index is -0.379. The van der Waals surface area contributed by atoms with Gasteiger partial charge in [-0.3, -0.25) is 4.79 Å². The standard InChI is InChI=1S/C15H22O2/c1-3-5-6-7-13(16)9-10-14-12(4-2)8-11-15(14)17/h5-6,8,10-13,16H,3-4,7,9H2,1-2H3/b6-5-,14-10+/t12-,13+/m0/s1. The molecule has 0 heterocycles. The number of aliphatic hydroxyl groups excluding tert-OH is 1. The second kappa shape index (κ2) is 7.23. The van der Waals surface area contributed by atoms with E-state index in [1.807, 2.05) is 24.3 Å². The fraction of sp³-hybridized carbons (Fsp3) is 0.533. The third kappa shape index (κ3) is 4.31. The third-order valence-corrected chi connectivity index (χ3v) is 3.02. The lowest BCUT2D eigenvalue weighted by Crippen LogP contribution is -2.07. The van der Waals surface area contributed by atoms with Crippen molar-refractivity contribution < 1.29 is 9.90 Å². The molecule has 2 heteroatoms. The number of aliphatic hydroxyl groups is 1. The quantitative estimate of drug-likeness (QED) is 0.566. The molecule has 0 spiro atoms. The highest BCUT2D eigenvalue weighted by atomic mass is 16.3. The topological polar surface area (TPSA) is 37.3 Å². The normalized spacial score (nSPS) is 24.1. The van der Waals surface area contributed by atoms with Crippen LogP contribution in [0.1, 0.15) is 39.5 Å². The summed E-state index contributed by atoms with van der Waals surface area (Å²) in [5.74, 6) is 0.356. The Hall–Kier alpha value is -1.15. The van der Waals surface area contributed by atoms with Crippen LogP contribution in [0.5, 0.6) is 0 Å². The van der Waals surface area contributed by atoms with Gasteiger partial charge < -0.3 is 5.11 Å². The molecule has 0 saturated heterocycles. The first-order valence-electron chi connectivity index (χ1n) is 6.44. The lowest BCUT2D eigenvalue weighted by atomic mass is 9.97. The highest BCUT2D eigenvalue weighted by Gasteiger charge is 2.20. The molecule has 94 valence electrons. The van der Waals surface area contributed by atoms with E-state index in [4.69, 9.17) is 0 Å². The van der Waals surface area contributed by atoms with Crippen molar-refractivity contribution in [3.63, 3.8) is 0 Å². The monoisotopic (exact) mass is 234 g/mol. The summed E-state index contributed by atoms with van der Waals surface area (Å²) in [6.07, 6.45) is 12.3. The number of hydrogen-bond acceptors (Lipinski definition) is 2. The first-order valence-corrected chi connectivity index (χ1v) is 6.44. The van der Waals surface area contributed by atoms with Gasteiger partial charge in [0, 0.05) is 11.5 Å². The minimum absolute atomic E-state index is 0.105. The van der Waals surface area contributed by atoms with Crippen molar-refractivity contribution >= 4 is 5.78 Å². The maximum Gasteiger partial charge on any atom is 0.181 e. The van der Waals surface area contributed by atoms with Crippen LogP contribution in [0.25, 0.3) is 0 Å². The van der Waals surface area contributed by atoms with E-state index < -0.39 is 0 Å².